The van der Waals surface area contributed by atoms with Gasteiger partial charge in [-0.15, -0.1) is 0 Å². The van der Waals surface area contributed by atoms with Crippen molar-refractivity contribution in [1.82, 2.24) is 4.57 Å². The fraction of sp³-hybridized carbons (Fsp3) is 0.0667. The van der Waals surface area contributed by atoms with Crippen LogP contribution in [0.25, 0.3) is 66.4 Å². The van der Waals surface area contributed by atoms with Crippen molar-refractivity contribution < 1.29 is 0 Å². The van der Waals surface area contributed by atoms with E-state index < -0.39 is 0 Å². The van der Waals surface area contributed by atoms with E-state index in [2.05, 4.69) is 241 Å². The lowest BCUT2D eigenvalue weighted by Gasteiger charge is -2.30. The van der Waals surface area contributed by atoms with E-state index in [1.54, 1.807) is 12.2 Å². The van der Waals surface area contributed by atoms with E-state index in [0.717, 1.165) is 24.2 Å². The molecule has 2 nitrogen and oxygen atoms in total. The first-order chi connectivity index (χ1) is 30.7. The molecule has 0 radical (unpaired) electrons. The SMILES string of the molecule is C1=C(c2ccc(-n3c4ccccc4c4ccc(-c5ccccc5)cc43)cc2)CCC(N(c2ccc(-c3ccccc3)cc2)c2ccc(-c3ccccc3)cc2)=C1.C=CC=C.CC. The van der Waals surface area contributed by atoms with E-state index in [-0.39, 0.29) is 0 Å². The quantitative estimate of drug-likeness (QED) is 0.132. The Morgan fingerprint density at radius 2 is 0.839 bits per heavy atom. The monoisotopic (exact) mass is 800 g/mol. The number of hydrogen-bond acceptors (Lipinski definition) is 1. The van der Waals surface area contributed by atoms with E-state index in [9.17, 15) is 0 Å². The molecule has 1 aliphatic rings. The van der Waals surface area contributed by atoms with Crippen molar-refractivity contribution in [3.8, 4) is 39.1 Å². The highest BCUT2D eigenvalue weighted by atomic mass is 15.1. The van der Waals surface area contributed by atoms with Crippen LogP contribution in [0.4, 0.5) is 11.4 Å². The van der Waals surface area contributed by atoms with Gasteiger partial charge in [0.05, 0.1) is 11.0 Å². The zero-order valence-corrected chi connectivity index (χ0v) is 35.7. The molecule has 1 aromatic heterocycles. The van der Waals surface area contributed by atoms with Crippen LogP contribution < -0.4 is 4.90 Å². The van der Waals surface area contributed by atoms with Gasteiger partial charge in [-0.3, -0.25) is 0 Å². The van der Waals surface area contributed by atoms with Crippen LogP contribution in [0.1, 0.15) is 32.3 Å². The minimum absolute atomic E-state index is 0.934. The highest BCUT2D eigenvalue weighted by Crippen LogP contribution is 2.39. The lowest BCUT2D eigenvalue weighted by molar-refractivity contribution is 0.930. The van der Waals surface area contributed by atoms with Crippen LogP contribution in [0.15, 0.2) is 249 Å². The first-order valence-corrected chi connectivity index (χ1v) is 21.6. The van der Waals surface area contributed by atoms with E-state index in [1.807, 2.05) is 13.8 Å². The Balaban J connectivity index is 0.000000836. The number of rotatable bonds is 9. The molecule has 0 fully saturated rings. The van der Waals surface area contributed by atoms with Crippen molar-refractivity contribution in [2.75, 3.05) is 4.90 Å². The zero-order valence-electron chi connectivity index (χ0n) is 35.7. The molecule has 1 heterocycles. The van der Waals surface area contributed by atoms with Crippen LogP contribution in [0.3, 0.4) is 0 Å². The summed E-state index contributed by atoms with van der Waals surface area (Å²) in [6.07, 6.45) is 9.82. The molecule has 0 amide bonds. The van der Waals surface area contributed by atoms with Crippen LogP contribution in [-0.4, -0.2) is 4.57 Å². The molecule has 1 aliphatic carbocycles. The van der Waals surface area contributed by atoms with Gasteiger partial charge in [0.2, 0.25) is 0 Å². The number of benzene rings is 8. The van der Waals surface area contributed by atoms with Crippen molar-refractivity contribution >= 4 is 38.8 Å². The Morgan fingerprint density at radius 1 is 0.403 bits per heavy atom. The van der Waals surface area contributed by atoms with E-state index >= 15 is 0 Å². The Kier molecular flexibility index (Phi) is 13.0. The average Bonchev–Trinajstić information content (AvgIpc) is 3.70. The molecule has 302 valence electrons. The van der Waals surface area contributed by atoms with Gasteiger partial charge in [0.25, 0.3) is 0 Å². The molecule has 0 aliphatic heterocycles. The van der Waals surface area contributed by atoms with Gasteiger partial charge in [0.1, 0.15) is 0 Å². The second-order valence-corrected chi connectivity index (χ2v) is 15.0. The minimum Gasteiger partial charge on any atom is -0.314 e. The molecular weight excluding hydrogens is 749 g/mol. The maximum absolute atomic E-state index is 3.36. The molecule has 0 N–H and O–H groups in total. The summed E-state index contributed by atoms with van der Waals surface area (Å²) in [5.41, 5.74) is 17.2. The van der Waals surface area contributed by atoms with E-state index in [4.69, 9.17) is 0 Å². The number of anilines is 2. The topological polar surface area (TPSA) is 8.17 Å². The Hall–Kier alpha value is -7.68. The Morgan fingerprint density at radius 3 is 1.34 bits per heavy atom. The summed E-state index contributed by atoms with van der Waals surface area (Å²) < 4.78 is 2.41. The van der Waals surface area contributed by atoms with Crippen molar-refractivity contribution in [3.05, 3.63) is 255 Å². The normalized spacial score (nSPS) is 11.9. The van der Waals surface area contributed by atoms with Gasteiger partial charge in [0.15, 0.2) is 0 Å². The fourth-order valence-electron chi connectivity index (χ4n) is 8.28. The fourth-order valence-corrected chi connectivity index (χ4v) is 8.28. The maximum atomic E-state index is 3.36. The van der Waals surface area contributed by atoms with Gasteiger partial charge in [-0.25, -0.2) is 0 Å². The van der Waals surface area contributed by atoms with Gasteiger partial charge in [-0.05, 0) is 112 Å². The third-order valence-electron chi connectivity index (χ3n) is 11.3. The third kappa shape index (κ3) is 8.77. The summed E-state index contributed by atoms with van der Waals surface area (Å²) in [6, 6.07) is 74.6. The number of allylic oxidation sites excluding steroid dienone is 6. The van der Waals surface area contributed by atoms with E-state index in [0.29, 0.717) is 0 Å². The summed E-state index contributed by atoms with van der Waals surface area (Å²) in [5.74, 6) is 0. The molecule has 10 rings (SSSR count). The molecule has 0 spiro atoms. The Labute approximate surface area is 367 Å². The first kappa shape index (κ1) is 41.1. The lowest BCUT2D eigenvalue weighted by Crippen LogP contribution is -2.17. The van der Waals surface area contributed by atoms with Crippen LogP contribution in [0, 0.1) is 0 Å². The van der Waals surface area contributed by atoms with Crippen molar-refractivity contribution in [2.45, 2.75) is 26.7 Å². The summed E-state index contributed by atoms with van der Waals surface area (Å²) in [6.45, 7) is 10.7. The molecule has 62 heavy (non-hydrogen) atoms. The third-order valence-corrected chi connectivity index (χ3v) is 11.3. The highest BCUT2D eigenvalue weighted by Gasteiger charge is 2.19. The lowest BCUT2D eigenvalue weighted by atomic mass is 9.94. The standard InChI is InChI=1S/C54H40N2.C4H6.C2H6/c1-4-12-39(13-5-1)42-20-29-47(30-21-42)55(48-31-22-43(23-32-48)40-14-6-2-7-15-40)49-33-24-44(25-34-49)45-26-35-50(36-27-45)56-53-19-11-10-18-51(53)52-37-28-46(38-54(52)56)41-16-8-3-9-17-41;1-3-4-2;1-2/h1-24,26-33,35-38H,25,34H2;3-4H,1-2H2;1-2H3. The number of para-hydroxylation sites is 1. The molecule has 8 aromatic carbocycles. The predicted molar refractivity (Wildman–Crippen MR) is 269 cm³/mol. The van der Waals surface area contributed by atoms with Crippen molar-refractivity contribution in [1.29, 1.82) is 0 Å². The van der Waals surface area contributed by atoms with Gasteiger partial charge in [0, 0.05) is 33.5 Å². The minimum atomic E-state index is 0.934. The summed E-state index contributed by atoms with van der Waals surface area (Å²) >= 11 is 0. The molecule has 2 heteroatoms. The second kappa shape index (κ2) is 19.6. The molecule has 0 saturated carbocycles. The second-order valence-electron chi connectivity index (χ2n) is 15.0. The van der Waals surface area contributed by atoms with Gasteiger partial charge < -0.3 is 9.47 Å². The first-order valence-electron chi connectivity index (χ1n) is 21.6. The summed E-state index contributed by atoms with van der Waals surface area (Å²) in [5, 5.41) is 2.54. The largest absolute Gasteiger partial charge is 0.314 e. The highest BCUT2D eigenvalue weighted by molar-refractivity contribution is 6.10. The van der Waals surface area contributed by atoms with E-state index in [1.165, 1.54) is 77.7 Å². The van der Waals surface area contributed by atoms with Crippen molar-refractivity contribution in [2.24, 2.45) is 0 Å². The van der Waals surface area contributed by atoms with Crippen LogP contribution >= 0.6 is 0 Å². The summed E-state index contributed by atoms with van der Waals surface area (Å²) in [4.78, 5) is 2.42. The smallest absolute Gasteiger partial charge is 0.0547 e. The van der Waals surface area contributed by atoms with Gasteiger partial charge in [-0.1, -0.05) is 203 Å². The summed E-state index contributed by atoms with van der Waals surface area (Å²) in [7, 11) is 0. The molecule has 0 unspecified atom stereocenters. The van der Waals surface area contributed by atoms with Crippen LogP contribution in [0.2, 0.25) is 0 Å². The van der Waals surface area contributed by atoms with Gasteiger partial charge in [-0.2, -0.15) is 0 Å². The molecule has 0 saturated heterocycles. The van der Waals surface area contributed by atoms with Crippen molar-refractivity contribution in [3.63, 3.8) is 0 Å². The van der Waals surface area contributed by atoms with Crippen LogP contribution in [0.5, 0.6) is 0 Å². The zero-order chi connectivity index (χ0) is 42.7. The van der Waals surface area contributed by atoms with Crippen LogP contribution in [-0.2, 0) is 0 Å². The molecular formula is C60H52N2. The molecule has 0 bridgehead atoms. The Bertz CT molecular complexity index is 2860. The number of aromatic nitrogens is 1. The number of hydrogen-bond donors (Lipinski definition) is 0. The predicted octanol–water partition coefficient (Wildman–Crippen LogP) is 17.1. The van der Waals surface area contributed by atoms with Gasteiger partial charge >= 0.3 is 0 Å². The molecule has 0 atom stereocenters. The maximum Gasteiger partial charge on any atom is 0.0547 e. The number of nitrogens with zero attached hydrogens (tertiary/aromatic N) is 2. The number of fused-ring (bicyclic) bond motifs is 3. The average molecular weight is 801 g/mol. The molecule has 9 aromatic rings.